The fraction of sp³-hybridized carbons (Fsp3) is 0.100. The summed E-state index contributed by atoms with van der Waals surface area (Å²) in [4.78, 5) is 32.2. The van der Waals surface area contributed by atoms with Gasteiger partial charge in [-0.2, -0.15) is 4.31 Å². The van der Waals surface area contributed by atoms with Gasteiger partial charge in [0.15, 0.2) is 5.58 Å². The van der Waals surface area contributed by atoms with Crippen LogP contribution in [0.1, 0.15) is 12.0 Å². The van der Waals surface area contributed by atoms with Crippen LogP contribution in [0.15, 0.2) is 100 Å². The third-order valence-corrected chi connectivity index (χ3v) is 9.84. The zero-order valence-electron chi connectivity index (χ0n) is 21.6. The molecule has 1 unspecified atom stereocenters. The van der Waals surface area contributed by atoms with Gasteiger partial charge in [-0.1, -0.05) is 65.1 Å². The van der Waals surface area contributed by atoms with Gasteiger partial charge in [0, 0.05) is 22.2 Å². The van der Waals surface area contributed by atoms with Gasteiger partial charge in [-0.05, 0) is 66.2 Å². The first kappa shape index (κ1) is 28.4. The molecule has 2 heterocycles. The number of oxazole rings is 1. The van der Waals surface area contributed by atoms with Gasteiger partial charge in [0.1, 0.15) is 16.5 Å². The van der Waals surface area contributed by atoms with E-state index in [-0.39, 0.29) is 33.6 Å². The monoisotopic (exact) mass is 639 g/mol. The molecule has 42 heavy (non-hydrogen) atoms. The molecule has 6 rings (SSSR count). The third kappa shape index (κ3) is 5.19. The van der Waals surface area contributed by atoms with E-state index in [1.807, 2.05) is 18.2 Å². The number of imide groups is 1. The number of sulfonamides is 1. The molecule has 0 aliphatic carbocycles. The molecule has 1 saturated heterocycles. The van der Waals surface area contributed by atoms with E-state index in [4.69, 9.17) is 39.2 Å². The molecule has 1 aliphatic rings. The predicted molar refractivity (Wildman–Crippen MR) is 161 cm³/mol. The second-order valence-electron chi connectivity index (χ2n) is 9.54. The number of nitrogens with zero attached hydrogens (tertiary/aromatic N) is 3. The van der Waals surface area contributed by atoms with Gasteiger partial charge in [-0.3, -0.25) is 9.59 Å². The van der Waals surface area contributed by atoms with Gasteiger partial charge in [0.2, 0.25) is 21.8 Å². The van der Waals surface area contributed by atoms with Crippen LogP contribution in [-0.2, 0) is 26.2 Å². The number of hydrogen-bond donors (Lipinski definition) is 0. The molecule has 1 fully saturated rings. The van der Waals surface area contributed by atoms with Crippen molar-refractivity contribution >= 4 is 73.4 Å². The first-order valence-corrected chi connectivity index (χ1v) is 15.2. The van der Waals surface area contributed by atoms with Gasteiger partial charge >= 0.3 is 0 Å². The quantitative estimate of drug-likeness (QED) is 0.178. The Morgan fingerprint density at radius 1 is 0.881 bits per heavy atom. The summed E-state index contributed by atoms with van der Waals surface area (Å²) >= 11 is 18.8. The Kier molecular flexibility index (Phi) is 7.55. The number of para-hydroxylation sites is 2. The van der Waals surface area contributed by atoms with Gasteiger partial charge in [0.25, 0.3) is 5.91 Å². The Hall–Kier alpha value is -3.73. The second-order valence-corrected chi connectivity index (χ2v) is 12.6. The number of hydrogen-bond acceptors (Lipinski definition) is 6. The average Bonchev–Trinajstić information content (AvgIpc) is 3.54. The highest BCUT2D eigenvalue weighted by molar-refractivity contribution is 7.89. The van der Waals surface area contributed by atoms with Crippen molar-refractivity contribution < 1.29 is 22.4 Å². The van der Waals surface area contributed by atoms with E-state index in [2.05, 4.69) is 4.98 Å². The number of fused-ring (bicyclic) bond motifs is 1. The summed E-state index contributed by atoms with van der Waals surface area (Å²) in [6.45, 7) is -0.279. The van der Waals surface area contributed by atoms with E-state index < -0.39 is 27.9 Å². The van der Waals surface area contributed by atoms with E-state index in [1.165, 1.54) is 18.2 Å². The zero-order chi connectivity index (χ0) is 29.6. The van der Waals surface area contributed by atoms with E-state index in [0.29, 0.717) is 33.1 Å². The number of amides is 2. The summed E-state index contributed by atoms with van der Waals surface area (Å²) in [5.41, 5.74) is 2.70. The summed E-state index contributed by atoms with van der Waals surface area (Å²) in [5.74, 6) is -0.880. The highest BCUT2D eigenvalue weighted by Gasteiger charge is 2.47. The Morgan fingerprint density at radius 3 is 2.33 bits per heavy atom. The molecule has 1 atom stereocenters. The summed E-state index contributed by atoms with van der Waals surface area (Å²) < 4.78 is 34.8. The van der Waals surface area contributed by atoms with Crippen molar-refractivity contribution in [3.63, 3.8) is 0 Å². The first-order chi connectivity index (χ1) is 20.1. The SMILES string of the molecule is O=C1CC(N(Cc2ccccc2Cl)S(=O)(=O)c2cc(Cl)ccc2Cl)C(=O)N1c1ccc(-c2nc3ccccc3o2)cc1. The van der Waals surface area contributed by atoms with Gasteiger partial charge in [-0.15, -0.1) is 0 Å². The maximum atomic E-state index is 14.0. The largest absolute Gasteiger partial charge is 0.436 e. The van der Waals surface area contributed by atoms with Crippen LogP contribution in [-0.4, -0.2) is 35.6 Å². The van der Waals surface area contributed by atoms with Crippen LogP contribution < -0.4 is 4.90 Å². The molecule has 5 aromatic rings. The van der Waals surface area contributed by atoms with Crippen LogP contribution >= 0.6 is 34.8 Å². The van der Waals surface area contributed by atoms with E-state index in [1.54, 1.807) is 54.6 Å². The minimum atomic E-state index is -4.43. The van der Waals surface area contributed by atoms with Gasteiger partial charge in [-0.25, -0.2) is 18.3 Å². The van der Waals surface area contributed by atoms with Crippen molar-refractivity contribution in [2.45, 2.75) is 23.9 Å². The van der Waals surface area contributed by atoms with Crippen LogP contribution in [0.4, 0.5) is 5.69 Å². The van der Waals surface area contributed by atoms with Crippen molar-refractivity contribution in [3.05, 3.63) is 112 Å². The number of carbonyl (C=O) groups excluding carboxylic acids is 2. The van der Waals surface area contributed by atoms with Crippen molar-refractivity contribution in [1.29, 1.82) is 0 Å². The summed E-state index contributed by atoms with van der Waals surface area (Å²) in [6, 6.07) is 23.2. The zero-order valence-corrected chi connectivity index (χ0v) is 24.7. The average molecular weight is 641 g/mol. The lowest BCUT2D eigenvalue weighted by Gasteiger charge is -2.27. The van der Waals surface area contributed by atoms with Gasteiger partial charge < -0.3 is 4.42 Å². The van der Waals surface area contributed by atoms with E-state index >= 15 is 0 Å². The summed E-state index contributed by atoms with van der Waals surface area (Å²) in [7, 11) is -4.43. The molecule has 2 amide bonds. The van der Waals surface area contributed by atoms with Gasteiger partial charge in [0.05, 0.1) is 17.1 Å². The normalized spacial score (nSPS) is 15.7. The van der Waals surface area contributed by atoms with Crippen LogP contribution in [0.2, 0.25) is 15.1 Å². The lowest BCUT2D eigenvalue weighted by Crippen LogP contribution is -2.45. The Labute approximate surface area is 256 Å². The van der Waals surface area contributed by atoms with Crippen LogP contribution in [0.25, 0.3) is 22.6 Å². The summed E-state index contributed by atoms with van der Waals surface area (Å²) in [6.07, 6.45) is -0.381. The minimum Gasteiger partial charge on any atom is -0.436 e. The molecule has 212 valence electrons. The molecule has 12 heteroatoms. The van der Waals surface area contributed by atoms with Crippen LogP contribution in [0.3, 0.4) is 0 Å². The molecule has 0 bridgehead atoms. The highest BCUT2D eigenvalue weighted by Crippen LogP contribution is 2.35. The molecule has 0 spiro atoms. The van der Waals surface area contributed by atoms with Crippen LogP contribution in [0, 0.1) is 0 Å². The molecular formula is C30H20Cl3N3O5S. The smallest absolute Gasteiger partial charge is 0.252 e. The molecule has 4 aromatic carbocycles. The molecule has 0 N–H and O–H groups in total. The van der Waals surface area contributed by atoms with Crippen LogP contribution in [0.5, 0.6) is 0 Å². The van der Waals surface area contributed by atoms with E-state index in [9.17, 15) is 18.0 Å². The minimum absolute atomic E-state index is 0.0769. The molecule has 8 nitrogen and oxygen atoms in total. The third-order valence-electron chi connectivity index (χ3n) is 6.90. The number of carbonyl (C=O) groups is 2. The molecular weight excluding hydrogens is 621 g/mol. The standard InChI is InChI=1S/C30H20Cl3N3O5S/c31-20-11-14-23(33)27(15-20)42(39,40)35(17-19-5-1-2-6-22(19)32)25-16-28(37)36(30(25)38)21-12-9-18(10-13-21)29-34-24-7-3-4-8-26(24)41-29/h1-15,25H,16-17H2. The second kappa shape index (κ2) is 11.2. The Balaban J connectivity index is 1.35. The maximum Gasteiger partial charge on any atom is 0.252 e. The highest BCUT2D eigenvalue weighted by atomic mass is 35.5. The number of halogens is 3. The number of anilines is 1. The first-order valence-electron chi connectivity index (χ1n) is 12.7. The molecule has 1 aromatic heterocycles. The topological polar surface area (TPSA) is 101 Å². The number of benzene rings is 4. The van der Waals surface area contributed by atoms with Crippen molar-refractivity contribution in [2.24, 2.45) is 0 Å². The number of rotatable bonds is 7. The summed E-state index contributed by atoms with van der Waals surface area (Å²) in [5, 5.41) is 0.371. The van der Waals surface area contributed by atoms with Crippen molar-refractivity contribution in [2.75, 3.05) is 4.90 Å². The molecule has 0 saturated carbocycles. The lowest BCUT2D eigenvalue weighted by atomic mass is 10.2. The fourth-order valence-corrected chi connectivity index (χ4v) is 7.31. The Morgan fingerprint density at radius 2 is 1.60 bits per heavy atom. The molecule has 0 radical (unpaired) electrons. The van der Waals surface area contributed by atoms with Crippen molar-refractivity contribution in [3.8, 4) is 11.5 Å². The number of aromatic nitrogens is 1. The maximum absolute atomic E-state index is 14.0. The predicted octanol–water partition coefficient (Wildman–Crippen LogP) is 6.98. The lowest BCUT2D eigenvalue weighted by molar-refractivity contribution is -0.122. The molecule has 1 aliphatic heterocycles. The Bertz CT molecular complexity index is 1930. The van der Waals surface area contributed by atoms with Crippen molar-refractivity contribution in [1.82, 2.24) is 9.29 Å². The van der Waals surface area contributed by atoms with E-state index in [0.717, 1.165) is 9.21 Å². The fourth-order valence-electron chi connectivity index (χ4n) is 4.82.